The van der Waals surface area contributed by atoms with Crippen molar-refractivity contribution in [2.45, 2.75) is 32.4 Å². The lowest BCUT2D eigenvalue weighted by Gasteiger charge is -2.36. The molecule has 1 atom stereocenters. The van der Waals surface area contributed by atoms with Crippen LogP contribution in [-0.4, -0.2) is 38.9 Å². The fourth-order valence-corrected chi connectivity index (χ4v) is 4.23. The van der Waals surface area contributed by atoms with E-state index in [0.717, 1.165) is 59.2 Å². The molecule has 0 saturated carbocycles. The third-order valence-electron chi connectivity index (χ3n) is 5.87. The van der Waals surface area contributed by atoms with Crippen molar-refractivity contribution in [3.8, 4) is 11.4 Å². The first-order chi connectivity index (χ1) is 15.1. The van der Waals surface area contributed by atoms with Crippen LogP contribution in [0.5, 0.6) is 5.75 Å². The Bertz CT molecular complexity index is 1170. The molecule has 2 aliphatic rings. The number of imidazole rings is 1. The Morgan fingerprint density at radius 1 is 1.19 bits per heavy atom. The molecule has 2 aliphatic heterocycles. The molecule has 0 spiro atoms. The molecule has 158 valence electrons. The maximum atomic E-state index is 5.94. The van der Waals surface area contributed by atoms with E-state index in [0.29, 0.717) is 0 Å². The monoisotopic (exact) mass is 415 g/mol. The van der Waals surface area contributed by atoms with Gasteiger partial charge >= 0.3 is 0 Å². The zero-order valence-electron chi connectivity index (χ0n) is 17.9. The fourth-order valence-electron chi connectivity index (χ4n) is 4.23. The molecule has 7 nitrogen and oxygen atoms in total. The summed E-state index contributed by atoms with van der Waals surface area (Å²) in [6, 6.07) is 12.1. The second-order valence-electron chi connectivity index (χ2n) is 7.98. The minimum Gasteiger partial charge on any atom is -0.495 e. The summed E-state index contributed by atoms with van der Waals surface area (Å²) in [5.41, 5.74) is 4.31. The first-order valence-electron chi connectivity index (χ1n) is 10.4. The summed E-state index contributed by atoms with van der Waals surface area (Å²) in [6.07, 6.45) is 9.72. The number of aromatic nitrogens is 3. The third kappa shape index (κ3) is 3.36. The maximum Gasteiger partial charge on any atom is 0.251 e. The van der Waals surface area contributed by atoms with Crippen molar-refractivity contribution in [1.82, 2.24) is 19.4 Å². The number of methoxy groups -OCH3 is 1. The summed E-state index contributed by atoms with van der Waals surface area (Å²) in [4.78, 5) is 17.0. The predicted octanol–water partition coefficient (Wildman–Crippen LogP) is 4.28. The van der Waals surface area contributed by atoms with Crippen LogP contribution in [0.15, 0.2) is 65.8 Å². The van der Waals surface area contributed by atoms with Crippen molar-refractivity contribution in [3.05, 3.63) is 77.6 Å². The van der Waals surface area contributed by atoms with Crippen molar-refractivity contribution < 1.29 is 9.57 Å². The Morgan fingerprint density at radius 2 is 2.10 bits per heavy atom. The number of aryl methyl sites for hydroxylation is 1. The number of nitrogens with zero attached hydrogens (tertiary/aromatic N) is 5. The van der Waals surface area contributed by atoms with Gasteiger partial charge in [-0.3, -0.25) is 4.98 Å². The predicted molar refractivity (Wildman–Crippen MR) is 119 cm³/mol. The van der Waals surface area contributed by atoms with Gasteiger partial charge in [-0.05, 0) is 61.2 Å². The molecule has 2 aromatic heterocycles. The highest BCUT2D eigenvalue weighted by molar-refractivity contribution is 6.03. The summed E-state index contributed by atoms with van der Waals surface area (Å²) in [5, 5.41) is 4.47. The number of hydrogen-bond acceptors (Lipinski definition) is 6. The number of fused-ring (bicyclic) bond motifs is 1. The smallest absolute Gasteiger partial charge is 0.251 e. The summed E-state index contributed by atoms with van der Waals surface area (Å²) in [7, 11) is 1.69. The van der Waals surface area contributed by atoms with E-state index in [-0.39, 0.29) is 0 Å². The molecule has 1 fully saturated rings. The molecule has 0 aliphatic carbocycles. The lowest BCUT2D eigenvalue weighted by atomic mass is 9.97. The van der Waals surface area contributed by atoms with Gasteiger partial charge in [-0.15, -0.1) is 0 Å². The minimum atomic E-state index is -0.684. The third-order valence-corrected chi connectivity index (χ3v) is 5.87. The normalized spacial score (nSPS) is 21.6. The lowest BCUT2D eigenvalue weighted by Crippen LogP contribution is -2.47. The summed E-state index contributed by atoms with van der Waals surface area (Å²) in [5.74, 6) is 1.68. The Kier molecular flexibility index (Phi) is 4.73. The molecule has 0 N–H and O–H groups in total. The van der Waals surface area contributed by atoms with Crippen molar-refractivity contribution >= 4 is 11.9 Å². The Balaban J connectivity index is 1.46. The van der Waals surface area contributed by atoms with E-state index < -0.39 is 5.72 Å². The quantitative estimate of drug-likeness (QED) is 0.636. The summed E-state index contributed by atoms with van der Waals surface area (Å²) in [6.45, 7) is 4.88. The number of oxime groups is 1. The van der Waals surface area contributed by atoms with Gasteiger partial charge in [-0.25, -0.2) is 4.98 Å². The number of rotatable bonds is 4. The largest absolute Gasteiger partial charge is 0.495 e. The Morgan fingerprint density at radius 3 is 2.84 bits per heavy atom. The highest BCUT2D eigenvalue weighted by atomic mass is 16.7. The van der Waals surface area contributed by atoms with Gasteiger partial charge in [-0.1, -0.05) is 17.3 Å². The molecule has 0 amide bonds. The van der Waals surface area contributed by atoms with E-state index >= 15 is 0 Å². The number of benzene rings is 1. The summed E-state index contributed by atoms with van der Waals surface area (Å²) >= 11 is 0. The van der Waals surface area contributed by atoms with E-state index in [1.54, 1.807) is 19.6 Å². The Labute approximate surface area is 181 Å². The molecule has 0 radical (unpaired) electrons. The van der Waals surface area contributed by atoms with Crippen LogP contribution in [0.25, 0.3) is 11.8 Å². The molecular weight excluding hydrogens is 390 g/mol. The standard InChI is InChI=1S/C24H25N5O2/c1-17-15-28(16-26-17)20-10-9-18(14-21(20)30-3)13-19-7-6-12-29-23(19)27-31-24(29,2)22-8-4-5-11-25-22/h4-5,8-11,13-16H,6-7,12H2,1-3H3/b19-13+. The van der Waals surface area contributed by atoms with E-state index in [1.165, 1.54) is 0 Å². The van der Waals surface area contributed by atoms with Gasteiger partial charge in [0.1, 0.15) is 11.4 Å². The number of amidine groups is 1. The van der Waals surface area contributed by atoms with E-state index in [1.807, 2.05) is 48.9 Å². The molecule has 31 heavy (non-hydrogen) atoms. The number of ether oxygens (including phenoxy) is 1. The number of piperidine rings is 1. The minimum absolute atomic E-state index is 0.684. The van der Waals surface area contributed by atoms with Crippen molar-refractivity contribution in [2.75, 3.05) is 13.7 Å². The second kappa shape index (κ2) is 7.58. The molecule has 1 unspecified atom stereocenters. The van der Waals surface area contributed by atoms with Crippen molar-refractivity contribution in [3.63, 3.8) is 0 Å². The van der Waals surface area contributed by atoms with Crippen LogP contribution in [0.3, 0.4) is 0 Å². The molecule has 5 rings (SSSR count). The van der Waals surface area contributed by atoms with E-state index in [4.69, 9.17) is 9.57 Å². The van der Waals surface area contributed by atoms with Gasteiger partial charge in [0.15, 0.2) is 5.84 Å². The maximum absolute atomic E-state index is 5.94. The average Bonchev–Trinajstić information content (AvgIpc) is 3.39. The molecular formula is C24H25N5O2. The van der Waals surface area contributed by atoms with Crippen LogP contribution in [-0.2, 0) is 10.6 Å². The molecule has 4 heterocycles. The number of pyridine rings is 1. The zero-order valence-corrected chi connectivity index (χ0v) is 17.9. The van der Waals surface area contributed by atoms with Gasteiger partial charge in [0.25, 0.3) is 5.72 Å². The van der Waals surface area contributed by atoms with Crippen molar-refractivity contribution in [1.29, 1.82) is 0 Å². The molecule has 7 heteroatoms. The van der Waals surface area contributed by atoms with Crippen molar-refractivity contribution in [2.24, 2.45) is 5.16 Å². The van der Waals surface area contributed by atoms with E-state index in [9.17, 15) is 0 Å². The molecule has 1 saturated heterocycles. The number of hydrogen-bond donors (Lipinski definition) is 0. The molecule has 3 aromatic rings. The zero-order chi connectivity index (χ0) is 21.4. The lowest BCUT2D eigenvalue weighted by molar-refractivity contribution is -0.0944. The van der Waals surface area contributed by atoms with Gasteiger partial charge in [-0.2, -0.15) is 0 Å². The Hall–Kier alpha value is -3.61. The first-order valence-corrected chi connectivity index (χ1v) is 10.4. The van der Waals surface area contributed by atoms with Gasteiger partial charge < -0.3 is 19.0 Å². The van der Waals surface area contributed by atoms with Crippen LogP contribution >= 0.6 is 0 Å². The highest BCUT2D eigenvalue weighted by Gasteiger charge is 2.46. The molecule has 0 bridgehead atoms. The van der Waals surface area contributed by atoms with E-state index in [2.05, 4.69) is 38.2 Å². The van der Waals surface area contributed by atoms with Crippen LogP contribution < -0.4 is 4.74 Å². The van der Waals surface area contributed by atoms with Gasteiger partial charge in [0.05, 0.1) is 24.8 Å². The molecule has 1 aromatic carbocycles. The van der Waals surface area contributed by atoms with Crippen LogP contribution in [0.1, 0.15) is 36.7 Å². The first kappa shape index (κ1) is 19.4. The SMILES string of the molecule is COc1cc(/C=C2\CCCN3C2=NOC3(C)c2ccccn2)ccc1-n1cnc(C)c1. The summed E-state index contributed by atoms with van der Waals surface area (Å²) < 4.78 is 7.64. The highest BCUT2D eigenvalue weighted by Crippen LogP contribution is 2.39. The van der Waals surface area contributed by atoms with Crippen LogP contribution in [0.2, 0.25) is 0 Å². The van der Waals surface area contributed by atoms with Crippen LogP contribution in [0, 0.1) is 6.92 Å². The van der Waals surface area contributed by atoms with Crippen LogP contribution in [0.4, 0.5) is 0 Å². The second-order valence-corrected chi connectivity index (χ2v) is 7.98. The van der Waals surface area contributed by atoms with Gasteiger partial charge in [0, 0.05) is 25.9 Å². The topological polar surface area (TPSA) is 64.8 Å². The average molecular weight is 415 g/mol. The fraction of sp³-hybridized carbons (Fsp3) is 0.292. The van der Waals surface area contributed by atoms with Gasteiger partial charge in [0.2, 0.25) is 0 Å².